The third kappa shape index (κ3) is 2.08. The molecule has 0 aliphatic carbocycles. The lowest BCUT2D eigenvalue weighted by Crippen LogP contribution is -2.58. The summed E-state index contributed by atoms with van der Waals surface area (Å²) in [5.74, 6) is 0.495. The second-order valence-corrected chi connectivity index (χ2v) is 7.41. The average Bonchev–Trinajstić information content (AvgIpc) is 2.44. The van der Waals surface area contributed by atoms with E-state index in [-0.39, 0.29) is 17.3 Å². The normalized spacial score (nSPS) is 26.0. The quantitative estimate of drug-likeness (QED) is 0.608. The molecule has 2 aliphatic heterocycles. The van der Waals surface area contributed by atoms with Crippen molar-refractivity contribution in [2.45, 2.75) is 12.0 Å². The van der Waals surface area contributed by atoms with Gasteiger partial charge in [0.2, 0.25) is 10.0 Å². The number of nitro benzene ring substituents is 1. The maximum atomic E-state index is 12.3. The molecule has 1 spiro atoms. The van der Waals surface area contributed by atoms with E-state index >= 15 is 0 Å². The second kappa shape index (κ2) is 4.60. The van der Waals surface area contributed by atoms with Crippen LogP contribution in [-0.2, 0) is 15.6 Å². The summed E-state index contributed by atoms with van der Waals surface area (Å²) in [6.45, 7) is 4.06. The van der Waals surface area contributed by atoms with E-state index in [2.05, 4.69) is 11.9 Å². The molecule has 3 rings (SSSR count). The van der Waals surface area contributed by atoms with Crippen LogP contribution in [0.1, 0.15) is 12.0 Å². The summed E-state index contributed by atoms with van der Waals surface area (Å²) in [5, 5.41) is 14.1. The van der Waals surface area contributed by atoms with Gasteiger partial charge in [-0.3, -0.25) is 14.4 Å². The van der Waals surface area contributed by atoms with Crippen LogP contribution < -0.4 is 10.1 Å². The van der Waals surface area contributed by atoms with Gasteiger partial charge in [-0.2, -0.15) is 0 Å². The van der Waals surface area contributed by atoms with Crippen LogP contribution in [0.2, 0.25) is 0 Å². The Morgan fingerprint density at radius 1 is 1.50 bits per heavy atom. The van der Waals surface area contributed by atoms with E-state index in [9.17, 15) is 18.5 Å². The van der Waals surface area contributed by atoms with Crippen LogP contribution in [0.15, 0.2) is 30.6 Å². The van der Waals surface area contributed by atoms with E-state index in [1.54, 1.807) is 0 Å². The molecule has 0 unspecified atom stereocenters. The van der Waals surface area contributed by atoms with Crippen molar-refractivity contribution in [1.29, 1.82) is 0 Å². The monoisotopic (exact) mass is 325 g/mol. The Balaban J connectivity index is 2.16. The Kier molecular flexibility index (Phi) is 3.06. The highest BCUT2D eigenvalue weighted by molar-refractivity contribution is 7.89. The van der Waals surface area contributed by atoms with Crippen LogP contribution in [-0.4, -0.2) is 37.1 Å². The molecule has 1 aromatic rings. The summed E-state index contributed by atoms with van der Waals surface area (Å²) in [7, 11) is -2.13. The number of hydrogen-bond donors (Lipinski definition) is 1. The minimum atomic E-state index is -3.55. The van der Waals surface area contributed by atoms with E-state index in [1.165, 1.54) is 25.2 Å². The summed E-state index contributed by atoms with van der Waals surface area (Å²) in [5.41, 5.74) is -0.583. The molecule has 1 saturated heterocycles. The Morgan fingerprint density at radius 3 is 2.86 bits per heavy atom. The van der Waals surface area contributed by atoms with Crippen LogP contribution in [0.3, 0.4) is 0 Å². The third-order valence-electron chi connectivity index (χ3n) is 4.09. The summed E-state index contributed by atoms with van der Waals surface area (Å²) < 4.78 is 31.3. The Morgan fingerprint density at radius 2 is 2.23 bits per heavy atom. The number of nitrogens with zero attached hydrogens (tertiary/aromatic N) is 2. The Hall–Kier alpha value is -2.29. The third-order valence-corrected chi connectivity index (χ3v) is 6.00. The fourth-order valence-corrected chi connectivity index (χ4v) is 4.42. The van der Waals surface area contributed by atoms with Gasteiger partial charge >= 0.3 is 0 Å². The van der Waals surface area contributed by atoms with Crippen LogP contribution in [0.25, 0.3) is 0 Å². The highest BCUT2D eigenvalue weighted by Crippen LogP contribution is 2.42. The van der Waals surface area contributed by atoms with E-state index in [4.69, 9.17) is 4.74 Å². The maximum Gasteiger partial charge on any atom is 0.270 e. The number of benzene rings is 1. The molecular weight excluding hydrogens is 310 g/mol. The number of hydrogen-bond acceptors (Lipinski definition) is 6. The first-order chi connectivity index (χ1) is 10.3. The first-order valence-corrected chi connectivity index (χ1v) is 8.21. The van der Waals surface area contributed by atoms with Gasteiger partial charge < -0.3 is 10.1 Å². The molecule has 8 nitrogen and oxygen atoms in total. The summed E-state index contributed by atoms with van der Waals surface area (Å²) in [6.07, 6.45) is 0.382. The van der Waals surface area contributed by atoms with Crippen LogP contribution in [0, 0.1) is 10.1 Å². The topological polar surface area (TPSA) is 102 Å². The zero-order valence-corrected chi connectivity index (χ0v) is 12.7. The van der Waals surface area contributed by atoms with Gasteiger partial charge in [0.05, 0.1) is 22.8 Å². The number of nitrogens with one attached hydrogen (secondary N) is 1. The first-order valence-electron chi connectivity index (χ1n) is 6.61. The van der Waals surface area contributed by atoms with Gasteiger partial charge in [-0.15, -0.1) is 0 Å². The molecule has 2 heterocycles. The number of ether oxygens (including phenoxy) is 1. The molecule has 118 valence electrons. The van der Waals surface area contributed by atoms with Crippen molar-refractivity contribution in [2.75, 3.05) is 19.4 Å². The predicted molar refractivity (Wildman–Crippen MR) is 78.7 cm³/mol. The van der Waals surface area contributed by atoms with Gasteiger partial charge in [-0.1, -0.05) is 6.58 Å². The predicted octanol–water partition coefficient (Wildman–Crippen LogP) is 0.909. The zero-order valence-electron chi connectivity index (χ0n) is 11.9. The number of rotatable bonds is 1. The maximum absolute atomic E-state index is 12.3. The van der Waals surface area contributed by atoms with E-state index in [1.807, 2.05) is 0 Å². The average molecular weight is 325 g/mol. The highest BCUT2D eigenvalue weighted by Gasteiger charge is 2.47. The van der Waals surface area contributed by atoms with Crippen molar-refractivity contribution < 1.29 is 18.1 Å². The van der Waals surface area contributed by atoms with Gasteiger partial charge in [0.25, 0.3) is 5.69 Å². The van der Waals surface area contributed by atoms with Crippen molar-refractivity contribution in [3.05, 3.63) is 46.3 Å². The highest BCUT2D eigenvalue weighted by atomic mass is 32.2. The molecule has 2 aliphatic rings. The summed E-state index contributed by atoms with van der Waals surface area (Å²) >= 11 is 0. The molecule has 22 heavy (non-hydrogen) atoms. The van der Waals surface area contributed by atoms with Crippen molar-refractivity contribution in [3.63, 3.8) is 0 Å². The lowest BCUT2D eigenvalue weighted by Gasteiger charge is -2.45. The summed E-state index contributed by atoms with van der Waals surface area (Å²) in [6, 6.07) is 4.22. The number of nitro groups is 1. The molecule has 1 atom stereocenters. The number of sulfonamides is 1. The van der Waals surface area contributed by atoms with Crippen molar-refractivity contribution >= 4 is 15.7 Å². The van der Waals surface area contributed by atoms with Crippen LogP contribution in [0.4, 0.5) is 5.69 Å². The first kappa shape index (κ1) is 14.6. The second-order valence-electron chi connectivity index (χ2n) is 5.41. The fourth-order valence-electron chi connectivity index (χ4n) is 2.85. The SMILES string of the molecule is C=C1N[C@@]2(CCOc3ccc([N+](=O)[O-])cc32)CS(=O)(=O)N1C. The molecule has 0 radical (unpaired) electrons. The Labute approximate surface area is 127 Å². The van der Waals surface area contributed by atoms with Gasteiger partial charge in [-0.25, -0.2) is 8.42 Å². The number of fused-ring (bicyclic) bond motifs is 2. The summed E-state index contributed by atoms with van der Waals surface area (Å²) in [4.78, 5) is 10.5. The van der Waals surface area contributed by atoms with Gasteiger partial charge in [-0.05, 0) is 6.07 Å². The van der Waals surface area contributed by atoms with Crippen LogP contribution >= 0.6 is 0 Å². The van der Waals surface area contributed by atoms with Crippen LogP contribution in [0.5, 0.6) is 5.75 Å². The van der Waals surface area contributed by atoms with Gasteiger partial charge in [0.1, 0.15) is 11.6 Å². The molecule has 0 aromatic heterocycles. The smallest absolute Gasteiger partial charge is 0.270 e. The lowest BCUT2D eigenvalue weighted by atomic mass is 9.85. The molecule has 1 N–H and O–H groups in total. The van der Waals surface area contributed by atoms with Gasteiger partial charge in [0, 0.05) is 31.2 Å². The minimum Gasteiger partial charge on any atom is -0.493 e. The molecule has 9 heteroatoms. The molecular formula is C13H15N3O5S. The Bertz CT molecular complexity index is 776. The minimum absolute atomic E-state index is 0.104. The van der Waals surface area contributed by atoms with E-state index in [0.717, 1.165) is 4.31 Å². The standard InChI is InChI=1S/C13H15N3O5S/c1-9-14-13(8-22(19,20)15(9)2)5-6-21-12-4-3-10(16(17)18)7-11(12)13/h3-4,7,14H,1,5-6,8H2,2H3/t13-/m0/s1. The zero-order chi connectivity index (χ0) is 16.1. The lowest BCUT2D eigenvalue weighted by molar-refractivity contribution is -0.385. The fraction of sp³-hybridized carbons (Fsp3) is 0.385. The largest absolute Gasteiger partial charge is 0.493 e. The van der Waals surface area contributed by atoms with Crippen molar-refractivity contribution in [2.24, 2.45) is 0 Å². The molecule has 1 aromatic carbocycles. The molecule has 0 bridgehead atoms. The molecule has 0 saturated carbocycles. The number of non-ortho nitro benzene ring substituents is 1. The van der Waals surface area contributed by atoms with Crippen molar-refractivity contribution in [3.8, 4) is 5.75 Å². The van der Waals surface area contributed by atoms with Gasteiger partial charge in [0.15, 0.2) is 0 Å². The van der Waals surface area contributed by atoms with Crippen molar-refractivity contribution in [1.82, 2.24) is 9.62 Å². The van der Waals surface area contributed by atoms with E-state index < -0.39 is 20.5 Å². The van der Waals surface area contributed by atoms with E-state index in [0.29, 0.717) is 24.3 Å². The molecule has 0 amide bonds. The molecule has 1 fully saturated rings.